The second kappa shape index (κ2) is 6.71. The lowest BCUT2D eigenvalue weighted by Crippen LogP contribution is -2.27. The van der Waals surface area contributed by atoms with E-state index < -0.39 is 0 Å². The van der Waals surface area contributed by atoms with Crippen LogP contribution in [0.3, 0.4) is 0 Å². The lowest BCUT2D eigenvalue weighted by Gasteiger charge is -2.20. The summed E-state index contributed by atoms with van der Waals surface area (Å²) in [5.74, 6) is -0.484. The number of aryl methyl sites for hydroxylation is 1. The Morgan fingerprint density at radius 1 is 1.17 bits per heavy atom. The first kappa shape index (κ1) is 15.4. The van der Waals surface area contributed by atoms with Crippen molar-refractivity contribution in [2.24, 2.45) is 0 Å². The molecule has 0 atom stereocenters. The Hall–Kier alpha value is -2.53. The van der Waals surface area contributed by atoms with E-state index >= 15 is 0 Å². The zero-order valence-corrected chi connectivity index (χ0v) is 13.4. The molecule has 3 rings (SSSR count). The summed E-state index contributed by atoms with van der Waals surface area (Å²) in [7, 11) is 0. The smallest absolute Gasteiger partial charge is 0.237 e. The van der Waals surface area contributed by atoms with Gasteiger partial charge >= 0.3 is 0 Å². The Kier molecular flexibility index (Phi) is 4.48. The topological polar surface area (TPSA) is 33.2 Å². The summed E-state index contributed by atoms with van der Waals surface area (Å²) >= 11 is 1.41. The van der Waals surface area contributed by atoms with Gasteiger partial charge in [-0.1, -0.05) is 30.3 Å². The molecule has 0 aliphatic carbocycles. The number of thiazole rings is 1. The van der Waals surface area contributed by atoms with Crippen LogP contribution in [0.15, 0.2) is 60.0 Å². The molecule has 3 aromatic rings. The maximum absolute atomic E-state index is 13.3. The Bertz CT molecular complexity index is 817. The number of amides is 1. The quantitative estimate of drug-likeness (QED) is 0.707. The van der Waals surface area contributed by atoms with Gasteiger partial charge in [0.1, 0.15) is 5.82 Å². The largest absolute Gasteiger partial charge is 0.274 e. The van der Waals surface area contributed by atoms with Gasteiger partial charge in [0, 0.05) is 5.38 Å². The van der Waals surface area contributed by atoms with Crippen LogP contribution >= 0.6 is 11.3 Å². The van der Waals surface area contributed by atoms with E-state index in [-0.39, 0.29) is 18.1 Å². The van der Waals surface area contributed by atoms with Crippen molar-refractivity contribution in [2.45, 2.75) is 13.3 Å². The highest BCUT2D eigenvalue weighted by Gasteiger charge is 2.21. The Morgan fingerprint density at radius 3 is 2.61 bits per heavy atom. The van der Waals surface area contributed by atoms with Gasteiger partial charge in [0.25, 0.3) is 0 Å². The Labute approximate surface area is 138 Å². The van der Waals surface area contributed by atoms with Gasteiger partial charge in [0.05, 0.1) is 17.8 Å². The molecule has 1 heterocycles. The number of aromatic nitrogens is 1. The summed E-state index contributed by atoms with van der Waals surface area (Å²) in [5, 5.41) is 2.52. The molecule has 0 aliphatic rings. The second-order valence-corrected chi connectivity index (χ2v) is 5.98. The van der Waals surface area contributed by atoms with E-state index in [1.54, 1.807) is 17.0 Å². The van der Waals surface area contributed by atoms with Crippen molar-refractivity contribution in [3.63, 3.8) is 0 Å². The van der Waals surface area contributed by atoms with E-state index in [4.69, 9.17) is 0 Å². The summed E-state index contributed by atoms with van der Waals surface area (Å²) in [6.07, 6.45) is 0.116. The van der Waals surface area contributed by atoms with Crippen LogP contribution in [-0.4, -0.2) is 10.9 Å². The van der Waals surface area contributed by atoms with Gasteiger partial charge < -0.3 is 0 Å². The molecule has 3 nitrogen and oxygen atoms in total. The molecule has 0 N–H and O–H groups in total. The third-order valence-electron chi connectivity index (χ3n) is 3.31. The summed E-state index contributed by atoms with van der Waals surface area (Å²) < 4.78 is 13.3. The van der Waals surface area contributed by atoms with E-state index in [2.05, 4.69) is 4.98 Å². The van der Waals surface area contributed by atoms with Gasteiger partial charge in [-0.05, 0) is 36.8 Å². The van der Waals surface area contributed by atoms with Gasteiger partial charge in [0.2, 0.25) is 5.91 Å². The van der Waals surface area contributed by atoms with Gasteiger partial charge in [0.15, 0.2) is 5.13 Å². The Balaban J connectivity index is 1.93. The van der Waals surface area contributed by atoms with Crippen LogP contribution in [0.4, 0.5) is 15.2 Å². The molecule has 116 valence electrons. The van der Waals surface area contributed by atoms with Crippen molar-refractivity contribution < 1.29 is 9.18 Å². The van der Waals surface area contributed by atoms with Gasteiger partial charge in [-0.3, -0.25) is 9.69 Å². The summed E-state index contributed by atoms with van der Waals surface area (Å²) in [4.78, 5) is 18.8. The molecule has 0 fully saturated rings. The van der Waals surface area contributed by atoms with E-state index in [1.165, 1.54) is 23.5 Å². The number of carbonyl (C=O) groups is 1. The fraction of sp³-hybridized carbons (Fsp3) is 0.111. The minimum atomic E-state index is -0.341. The number of hydrogen-bond donors (Lipinski definition) is 0. The van der Waals surface area contributed by atoms with Crippen LogP contribution in [0.2, 0.25) is 0 Å². The predicted molar refractivity (Wildman–Crippen MR) is 90.5 cm³/mol. The fourth-order valence-electron chi connectivity index (χ4n) is 2.28. The molecule has 0 saturated carbocycles. The number of para-hydroxylation sites is 1. The molecule has 2 aromatic carbocycles. The minimum Gasteiger partial charge on any atom is -0.274 e. The normalized spacial score (nSPS) is 10.5. The highest BCUT2D eigenvalue weighted by Crippen LogP contribution is 2.29. The molecule has 0 aliphatic heterocycles. The van der Waals surface area contributed by atoms with Crippen LogP contribution in [0.1, 0.15) is 11.3 Å². The molecule has 0 radical (unpaired) electrons. The number of halogens is 1. The third kappa shape index (κ3) is 3.63. The number of hydrogen-bond acceptors (Lipinski definition) is 3. The molecule has 0 spiro atoms. The SMILES string of the molecule is Cc1csc(N(C(=O)Cc2cccc(F)c2)c2ccccc2)n1. The molecular weight excluding hydrogens is 311 g/mol. The highest BCUT2D eigenvalue weighted by molar-refractivity contribution is 7.14. The first-order valence-electron chi connectivity index (χ1n) is 7.18. The lowest BCUT2D eigenvalue weighted by atomic mass is 10.1. The lowest BCUT2D eigenvalue weighted by molar-refractivity contribution is -0.117. The molecule has 23 heavy (non-hydrogen) atoms. The number of carbonyl (C=O) groups excluding carboxylic acids is 1. The van der Waals surface area contributed by atoms with E-state index in [9.17, 15) is 9.18 Å². The van der Waals surface area contributed by atoms with Gasteiger partial charge in [-0.2, -0.15) is 0 Å². The highest BCUT2D eigenvalue weighted by atomic mass is 32.1. The van der Waals surface area contributed by atoms with Crippen LogP contribution in [0.5, 0.6) is 0 Å². The molecule has 0 saturated heterocycles. The summed E-state index contributed by atoms with van der Waals surface area (Å²) in [6.45, 7) is 1.89. The van der Waals surface area contributed by atoms with E-state index in [1.807, 2.05) is 42.6 Å². The Morgan fingerprint density at radius 2 is 1.96 bits per heavy atom. The van der Waals surface area contributed by atoms with Crippen molar-refractivity contribution in [1.82, 2.24) is 4.98 Å². The predicted octanol–water partition coefficient (Wildman–Crippen LogP) is 4.50. The van der Waals surface area contributed by atoms with Gasteiger partial charge in [-0.25, -0.2) is 9.37 Å². The number of benzene rings is 2. The van der Waals surface area contributed by atoms with Crippen molar-refractivity contribution in [2.75, 3.05) is 4.90 Å². The van der Waals surface area contributed by atoms with Crippen LogP contribution in [0, 0.1) is 12.7 Å². The van der Waals surface area contributed by atoms with Crippen molar-refractivity contribution >= 4 is 28.1 Å². The summed E-state index contributed by atoms with van der Waals surface area (Å²) in [5.41, 5.74) is 2.26. The molecule has 0 bridgehead atoms. The first-order valence-corrected chi connectivity index (χ1v) is 8.06. The van der Waals surface area contributed by atoms with E-state index in [0.717, 1.165) is 11.4 Å². The average Bonchev–Trinajstić information content (AvgIpc) is 2.94. The van der Waals surface area contributed by atoms with Crippen LogP contribution in [0.25, 0.3) is 0 Å². The zero-order valence-electron chi connectivity index (χ0n) is 12.6. The van der Waals surface area contributed by atoms with Crippen molar-refractivity contribution in [3.05, 3.63) is 77.1 Å². The van der Waals surface area contributed by atoms with Crippen molar-refractivity contribution in [1.29, 1.82) is 0 Å². The molecular formula is C18H15FN2OS. The zero-order chi connectivity index (χ0) is 16.2. The summed E-state index contributed by atoms with van der Waals surface area (Å²) in [6, 6.07) is 15.5. The maximum Gasteiger partial charge on any atom is 0.237 e. The number of nitrogens with zero attached hydrogens (tertiary/aromatic N) is 2. The first-order chi connectivity index (χ1) is 11.1. The molecule has 1 aromatic heterocycles. The fourth-order valence-corrected chi connectivity index (χ4v) is 3.12. The van der Waals surface area contributed by atoms with Gasteiger partial charge in [-0.15, -0.1) is 11.3 Å². The second-order valence-electron chi connectivity index (χ2n) is 5.14. The maximum atomic E-state index is 13.3. The standard InChI is InChI=1S/C18H15FN2OS/c1-13-12-23-18(20-13)21(16-8-3-2-4-9-16)17(22)11-14-6-5-7-15(19)10-14/h2-10,12H,11H2,1H3. The minimum absolute atomic E-state index is 0.116. The van der Waals surface area contributed by atoms with Crippen molar-refractivity contribution in [3.8, 4) is 0 Å². The monoisotopic (exact) mass is 326 g/mol. The molecule has 0 unspecified atom stereocenters. The number of anilines is 2. The number of rotatable bonds is 4. The molecule has 5 heteroatoms. The average molecular weight is 326 g/mol. The van der Waals surface area contributed by atoms with Crippen LogP contribution < -0.4 is 4.90 Å². The van der Waals surface area contributed by atoms with E-state index in [0.29, 0.717) is 10.7 Å². The van der Waals surface area contributed by atoms with Crippen LogP contribution in [-0.2, 0) is 11.2 Å². The third-order valence-corrected chi connectivity index (χ3v) is 4.25. The molecule has 1 amide bonds.